The van der Waals surface area contributed by atoms with Gasteiger partial charge in [0.05, 0.1) is 18.9 Å². The molecule has 1 aliphatic rings. The van der Waals surface area contributed by atoms with Crippen molar-refractivity contribution < 1.29 is 31.9 Å². The third-order valence-electron chi connectivity index (χ3n) is 6.83. The largest absolute Gasteiger partial charge is 0.465 e. The molecule has 0 saturated carbocycles. The van der Waals surface area contributed by atoms with E-state index in [9.17, 15) is 22.8 Å². The van der Waals surface area contributed by atoms with Gasteiger partial charge in [-0.3, -0.25) is 4.79 Å². The predicted octanol–water partition coefficient (Wildman–Crippen LogP) is 6.26. The first-order chi connectivity index (χ1) is 17.9. The topological polar surface area (TPSA) is 98.7 Å². The van der Waals surface area contributed by atoms with Crippen LogP contribution in [0.5, 0.6) is 0 Å². The van der Waals surface area contributed by atoms with Crippen LogP contribution in [-0.2, 0) is 23.8 Å². The molecular weight excluding hydrogens is 521 g/mol. The first kappa shape index (κ1) is 26.0. The molecule has 1 N–H and O–H groups in total. The Labute approximate surface area is 219 Å². The number of hydrogen-bond acceptors (Lipinski definition) is 7. The van der Waals surface area contributed by atoms with Gasteiger partial charge in [0.25, 0.3) is 5.91 Å². The van der Waals surface area contributed by atoms with Gasteiger partial charge < -0.3 is 14.5 Å². The summed E-state index contributed by atoms with van der Waals surface area (Å²) in [6, 6.07) is 5.00. The Bertz CT molecular complexity index is 1530. The minimum atomic E-state index is -4.77. The minimum Gasteiger partial charge on any atom is -0.465 e. The monoisotopic (exact) mass is 546 g/mol. The number of thiophene rings is 1. The lowest BCUT2D eigenvalue weighted by atomic mass is 9.72. The second-order valence-corrected chi connectivity index (χ2v) is 11.4. The molecule has 0 fully saturated rings. The van der Waals surface area contributed by atoms with Gasteiger partial charge in [-0.15, -0.1) is 11.3 Å². The van der Waals surface area contributed by atoms with Gasteiger partial charge in [-0.2, -0.15) is 18.3 Å². The number of methoxy groups -OCH3 is 1. The van der Waals surface area contributed by atoms with E-state index in [1.54, 1.807) is 0 Å². The number of halogens is 3. The number of rotatable bonds is 4. The molecule has 4 aromatic rings. The van der Waals surface area contributed by atoms with Crippen LogP contribution in [0, 0.1) is 11.3 Å². The van der Waals surface area contributed by atoms with Crippen molar-refractivity contribution in [2.75, 3.05) is 12.4 Å². The summed E-state index contributed by atoms with van der Waals surface area (Å²) in [5, 5.41) is 6.88. The highest BCUT2D eigenvalue weighted by molar-refractivity contribution is 7.17. The van der Waals surface area contributed by atoms with Crippen LogP contribution in [0.3, 0.4) is 0 Å². The van der Waals surface area contributed by atoms with Gasteiger partial charge in [-0.1, -0.05) is 20.8 Å². The lowest BCUT2D eigenvalue weighted by Gasteiger charge is -2.33. The minimum absolute atomic E-state index is 0.0472. The van der Waals surface area contributed by atoms with Crippen LogP contribution in [0.1, 0.15) is 64.2 Å². The maximum Gasteiger partial charge on any atom is 0.433 e. The molecule has 4 aromatic heterocycles. The van der Waals surface area contributed by atoms with E-state index in [4.69, 9.17) is 9.15 Å². The predicted molar refractivity (Wildman–Crippen MR) is 134 cm³/mol. The van der Waals surface area contributed by atoms with E-state index in [1.807, 2.05) is 0 Å². The zero-order chi connectivity index (χ0) is 27.4. The number of nitrogens with zero attached hydrogens (tertiary/aromatic N) is 3. The van der Waals surface area contributed by atoms with Crippen molar-refractivity contribution in [1.29, 1.82) is 0 Å². The first-order valence-corrected chi connectivity index (χ1v) is 12.7. The lowest BCUT2D eigenvalue weighted by molar-refractivity contribution is -0.142. The fraction of sp³-hybridized carbons (Fsp3) is 0.385. The smallest absolute Gasteiger partial charge is 0.433 e. The molecule has 0 unspecified atom stereocenters. The number of amides is 1. The Hall–Kier alpha value is -3.67. The van der Waals surface area contributed by atoms with Gasteiger partial charge in [0.1, 0.15) is 10.7 Å². The van der Waals surface area contributed by atoms with Crippen LogP contribution in [-0.4, -0.2) is 33.6 Å². The molecule has 1 atom stereocenters. The van der Waals surface area contributed by atoms with Crippen LogP contribution >= 0.6 is 11.3 Å². The maximum absolute atomic E-state index is 13.9. The molecular formula is C26H25F3N4O4S. The van der Waals surface area contributed by atoms with Crippen molar-refractivity contribution in [2.45, 2.75) is 46.2 Å². The molecule has 0 aromatic carbocycles. The van der Waals surface area contributed by atoms with Crippen molar-refractivity contribution >= 4 is 33.9 Å². The molecule has 0 aliphatic heterocycles. The van der Waals surface area contributed by atoms with Gasteiger partial charge in [0.2, 0.25) is 0 Å². The molecule has 1 aliphatic carbocycles. The van der Waals surface area contributed by atoms with E-state index in [0.717, 1.165) is 35.4 Å². The number of carbonyl (C=O) groups excluding carboxylic acids is 2. The summed E-state index contributed by atoms with van der Waals surface area (Å²) in [5.74, 6) is -0.799. The zero-order valence-corrected chi connectivity index (χ0v) is 21.9. The molecule has 0 spiro atoms. The number of carbonyl (C=O) groups is 2. The number of nitrogens with one attached hydrogen (secondary N) is 1. The van der Waals surface area contributed by atoms with E-state index < -0.39 is 23.7 Å². The average molecular weight is 547 g/mol. The Kier molecular flexibility index (Phi) is 6.33. The number of alkyl halides is 3. The summed E-state index contributed by atoms with van der Waals surface area (Å²) in [7, 11) is 1.27. The highest BCUT2D eigenvalue weighted by atomic mass is 32.1. The van der Waals surface area contributed by atoms with Crippen molar-refractivity contribution in [3.63, 3.8) is 0 Å². The molecule has 4 heterocycles. The third-order valence-corrected chi connectivity index (χ3v) is 8.00. The quantitative estimate of drug-likeness (QED) is 0.304. The molecule has 200 valence electrons. The van der Waals surface area contributed by atoms with Gasteiger partial charge in [0, 0.05) is 10.9 Å². The van der Waals surface area contributed by atoms with Crippen molar-refractivity contribution in [2.24, 2.45) is 11.3 Å². The summed E-state index contributed by atoms with van der Waals surface area (Å²) in [6.07, 6.45) is -1.13. The van der Waals surface area contributed by atoms with Crippen molar-refractivity contribution in [3.8, 4) is 11.5 Å². The zero-order valence-electron chi connectivity index (χ0n) is 21.1. The number of aromatic nitrogens is 3. The standard InChI is InChI=1S/C26H25F3N4O4S/c1-25(2,3)13-7-8-14-18(10-13)38-23(21(14)24(35)36-4)31-22(34)16-12-20-30-15(17-6-5-9-37-17)11-19(26(27,28)29)33(20)32-16/h5-6,9,11-13H,7-8,10H2,1-4H3,(H,31,34)/t13-/m0/s1. The van der Waals surface area contributed by atoms with E-state index in [2.05, 4.69) is 36.2 Å². The molecule has 5 rings (SSSR count). The number of fused-ring (bicyclic) bond motifs is 2. The fourth-order valence-electron chi connectivity index (χ4n) is 4.74. The third kappa shape index (κ3) is 4.68. The Balaban J connectivity index is 1.52. The second-order valence-electron chi connectivity index (χ2n) is 10.3. The van der Waals surface area contributed by atoms with E-state index in [-0.39, 0.29) is 33.8 Å². The molecule has 12 heteroatoms. The Morgan fingerprint density at radius 3 is 2.63 bits per heavy atom. The van der Waals surface area contributed by atoms with Gasteiger partial charge >= 0.3 is 12.1 Å². The normalized spacial score (nSPS) is 15.9. The van der Waals surface area contributed by atoms with Crippen LogP contribution in [0.25, 0.3) is 17.1 Å². The lowest BCUT2D eigenvalue weighted by Crippen LogP contribution is -2.26. The molecule has 38 heavy (non-hydrogen) atoms. The van der Waals surface area contributed by atoms with Crippen LogP contribution < -0.4 is 5.32 Å². The second kappa shape index (κ2) is 9.26. The number of ether oxygens (including phenoxy) is 1. The van der Waals surface area contributed by atoms with Gasteiger partial charge in [-0.25, -0.2) is 14.3 Å². The Morgan fingerprint density at radius 1 is 1.24 bits per heavy atom. The summed E-state index contributed by atoms with van der Waals surface area (Å²) >= 11 is 1.29. The van der Waals surface area contributed by atoms with Gasteiger partial charge in [-0.05, 0) is 54.4 Å². The SMILES string of the molecule is COC(=O)c1c(NC(=O)c2cc3nc(-c4ccco4)cc(C(F)(F)F)n3n2)sc2c1CC[C@H](C(C)(C)C)C2. The number of hydrogen-bond donors (Lipinski definition) is 1. The molecule has 0 bridgehead atoms. The van der Waals surface area contributed by atoms with Crippen LogP contribution in [0.2, 0.25) is 0 Å². The first-order valence-electron chi connectivity index (χ1n) is 11.9. The van der Waals surface area contributed by atoms with Crippen LogP contribution in [0.4, 0.5) is 18.2 Å². The van der Waals surface area contributed by atoms with E-state index in [0.29, 0.717) is 21.9 Å². The summed E-state index contributed by atoms with van der Waals surface area (Å²) in [5.41, 5.74) is -0.414. The van der Waals surface area contributed by atoms with Crippen molar-refractivity contribution in [1.82, 2.24) is 14.6 Å². The molecule has 1 amide bonds. The fourth-order valence-corrected chi connectivity index (χ4v) is 6.05. The molecule has 0 saturated heterocycles. The molecule has 0 radical (unpaired) electrons. The summed E-state index contributed by atoms with van der Waals surface area (Å²) in [6.45, 7) is 6.51. The summed E-state index contributed by atoms with van der Waals surface area (Å²) < 4.78 is 52.3. The average Bonchev–Trinajstić information content (AvgIpc) is 3.59. The van der Waals surface area contributed by atoms with Crippen LogP contribution in [0.15, 0.2) is 34.9 Å². The van der Waals surface area contributed by atoms with Gasteiger partial charge in [0.15, 0.2) is 22.8 Å². The van der Waals surface area contributed by atoms with E-state index >= 15 is 0 Å². The maximum atomic E-state index is 13.9. The molecule has 8 nitrogen and oxygen atoms in total. The highest BCUT2D eigenvalue weighted by Crippen LogP contribution is 2.44. The number of anilines is 1. The van der Waals surface area contributed by atoms with Crippen molar-refractivity contribution in [3.05, 3.63) is 57.9 Å². The number of furan rings is 1. The Morgan fingerprint density at radius 2 is 2.00 bits per heavy atom. The number of esters is 1. The van der Waals surface area contributed by atoms with E-state index in [1.165, 1.54) is 36.8 Å². The summed E-state index contributed by atoms with van der Waals surface area (Å²) in [4.78, 5) is 31.1. The highest BCUT2D eigenvalue weighted by Gasteiger charge is 2.37.